The van der Waals surface area contributed by atoms with Crippen LogP contribution in [0.3, 0.4) is 0 Å². The van der Waals surface area contributed by atoms with Gasteiger partial charge in [-0.15, -0.1) is 0 Å². The number of hydrogen-bond acceptors (Lipinski definition) is 4. The highest BCUT2D eigenvalue weighted by atomic mass is 16.5. The highest BCUT2D eigenvalue weighted by Gasteiger charge is 2.15. The van der Waals surface area contributed by atoms with Gasteiger partial charge in [-0.1, -0.05) is 0 Å². The average molecular weight is 281 g/mol. The van der Waals surface area contributed by atoms with Crippen LogP contribution in [0.15, 0.2) is 18.2 Å². The van der Waals surface area contributed by atoms with Gasteiger partial charge in [0.05, 0.1) is 12.2 Å². The summed E-state index contributed by atoms with van der Waals surface area (Å²) in [6.07, 6.45) is -0.666. The molecule has 2 N–H and O–H groups in total. The van der Waals surface area contributed by atoms with E-state index in [1.54, 1.807) is 27.0 Å². The first-order chi connectivity index (χ1) is 9.45. The Bertz CT molecular complexity index is 486. The summed E-state index contributed by atoms with van der Waals surface area (Å²) in [6, 6.07) is 4.51. The highest BCUT2D eigenvalue weighted by Crippen LogP contribution is 2.20. The Morgan fingerprint density at radius 2 is 2.10 bits per heavy atom. The van der Waals surface area contributed by atoms with E-state index in [9.17, 15) is 9.59 Å². The lowest BCUT2D eigenvalue weighted by Gasteiger charge is -2.16. The number of amides is 1. The van der Waals surface area contributed by atoms with Gasteiger partial charge in [-0.3, -0.25) is 4.79 Å². The summed E-state index contributed by atoms with van der Waals surface area (Å²) in [7, 11) is 1.56. The van der Waals surface area contributed by atoms with E-state index in [1.165, 1.54) is 12.1 Å². The number of benzene rings is 1. The third-order valence-electron chi connectivity index (χ3n) is 2.70. The van der Waals surface area contributed by atoms with Crippen LogP contribution in [0.1, 0.15) is 22.8 Å². The molecule has 1 aromatic carbocycles. The normalized spacial score (nSPS) is 11.8. The summed E-state index contributed by atoms with van der Waals surface area (Å²) in [5, 5.41) is 11.5. The van der Waals surface area contributed by atoms with Gasteiger partial charge in [-0.25, -0.2) is 4.79 Å². The Morgan fingerprint density at radius 3 is 2.65 bits per heavy atom. The number of carbonyl (C=O) groups is 2. The molecule has 0 aliphatic carbocycles. The Kier molecular flexibility index (Phi) is 5.99. The second-order valence-corrected chi connectivity index (χ2v) is 4.33. The van der Waals surface area contributed by atoms with Crippen LogP contribution in [-0.4, -0.2) is 43.3 Å². The quantitative estimate of drug-likeness (QED) is 0.734. The number of carboxylic acids is 1. The summed E-state index contributed by atoms with van der Waals surface area (Å²) in [5.41, 5.74) is 0.855. The largest absolute Gasteiger partial charge is 0.481 e. The standard InChI is InChI=1S/C14H19NO5/c1-9-8-11(14(17)18)4-5-12(9)20-10(2)13(16)15-6-7-19-3/h4-5,8,10H,6-7H2,1-3H3,(H,15,16)(H,17,18). The van der Waals surface area contributed by atoms with Gasteiger partial charge in [-0.05, 0) is 37.6 Å². The van der Waals surface area contributed by atoms with Crippen molar-refractivity contribution in [2.24, 2.45) is 0 Å². The molecule has 0 aliphatic heterocycles. The van der Waals surface area contributed by atoms with Crippen LogP contribution < -0.4 is 10.1 Å². The summed E-state index contributed by atoms with van der Waals surface area (Å²) >= 11 is 0. The van der Waals surface area contributed by atoms with Gasteiger partial charge in [0.1, 0.15) is 5.75 Å². The summed E-state index contributed by atoms with van der Waals surface area (Å²) in [4.78, 5) is 22.5. The first-order valence-corrected chi connectivity index (χ1v) is 6.23. The number of hydrogen-bond donors (Lipinski definition) is 2. The molecule has 6 heteroatoms. The Hall–Kier alpha value is -2.08. The fourth-order valence-corrected chi connectivity index (χ4v) is 1.58. The molecule has 1 aromatic rings. The molecule has 0 bridgehead atoms. The topological polar surface area (TPSA) is 84.9 Å². The van der Waals surface area contributed by atoms with Crippen LogP contribution in [0.5, 0.6) is 5.75 Å². The minimum atomic E-state index is -0.995. The van der Waals surface area contributed by atoms with Crippen LogP contribution in [0.4, 0.5) is 0 Å². The molecule has 0 heterocycles. The number of rotatable bonds is 7. The molecule has 0 aromatic heterocycles. The molecule has 0 spiro atoms. The molecular formula is C14H19NO5. The van der Waals surface area contributed by atoms with Gasteiger partial charge in [-0.2, -0.15) is 0 Å². The number of carboxylic acid groups (broad SMARTS) is 1. The van der Waals surface area contributed by atoms with Crippen LogP contribution in [0, 0.1) is 6.92 Å². The molecule has 0 saturated carbocycles. The summed E-state index contributed by atoms with van der Waals surface area (Å²) in [6.45, 7) is 4.22. The third-order valence-corrected chi connectivity index (χ3v) is 2.70. The predicted octanol–water partition coefficient (Wildman–Crippen LogP) is 1.22. The molecule has 1 rings (SSSR count). The molecule has 6 nitrogen and oxygen atoms in total. The summed E-state index contributed by atoms with van der Waals surface area (Å²) < 4.78 is 10.4. The maximum atomic E-state index is 11.7. The smallest absolute Gasteiger partial charge is 0.335 e. The zero-order chi connectivity index (χ0) is 15.1. The Morgan fingerprint density at radius 1 is 1.40 bits per heavy atom. The van der Waals surface area contributed by atoms with Crippen molar-refractivity contribution >= 4 is 11.9 Å². The monoisotopic (exact) mass is 281 g/mol. The van der Waals surface area contributed by atoms with Gasteiger partial charge in [0.15, 0.2) is 6.10 Å². The van der Waals surface area contributed by atoms with Crippen LogP contribution >= 0.6 is 0 Å². The second kappa shape index (κ2) is 7.49. The Balaban J connectivity index is 2.63. The number of methoxy groups -OCH3 is 1. The zero-order valence-corrected chi connectivity index (χ0v) is 11.8. The van der Waals surface area contributed by atoms with Crippen LogP contribution in [-0.2, 0) is 9.53 Å². The Labute approximate surface area is 117 Å². The minimum absolute atomic E-state index is 0.187. The highest BCUT2D eigenvalue weighted by molar-refractivity contribution is 5.88. The predicted molar refractivity (Wildman–Crippen MR) is 73.1 cm³/mol. The van der Waals surface area contributed by atoms with Crippen molar-refractivity contribution in [3.8, 4) is 5.75 Å². The van der Waals surface area contributed by atoms with Crippen molar-refractivity contribution in [3.63, 3.8) is 0 Å². The SMILES string of the molecule is COCCNC(=O)C(C)Oc1ccc(C(=O)O)cc1C. The first kappa shape index (κ1) is 16.0. The fraction of sp³-hybridized carbons (Fsp3) is 0.429. The molecule has 0 aliphatic rings. The number of aryl methyl sites for hydroxylation is 1. The molecule has 0 radical (unpaired) electrons. The zero-order valence-electron chi connectivity index (χ0n) is 11.8. The van der Waals surface area contributed by atoms with E-state index in [1.807, 2.05) is 0 Å². The third kappa shape index (κ3) is 4.55. The van der Waals surface area contributed by atoms with E-state index in [2.05, 4.69) is 5.32 Å². The lowest BCUT2D eigenvalue weighted by atomic mass is 10.1. The lowest BCUT2D eigenvalue weighted by Crippen LogP contribution is -2.38. The van der Waals surface area contributed by atoms with E-state index >= 15 is 0 Å². The van der Waals surface area contributed by atoms with Crippen molar-refractivity contribution in [2.75, 3.05) is 20.3 Å². The maximum absolute atomic E-state index is 11.7. The van der Waals surface area contributed by atoms with Crippen molar-refractivity contribution in [3.05, 3.63) is 29.3 Å². The fourth-order valence-electron chi connectivity index (χ4n) is 1.58. The van der Waals surface area contributed by atoms with Crippen LogP contribution in [0.2, 0.25) is 0 Å². The molecule has 1 atom stereocenters. The summed E-state index contributed by atoms with van der Waals surface area (Å²) in [5.74, 6) is -0.752. The van der Waals surface area contributed by atoms with E-state index in [4.69, 9.17) is 14.6 Å². The van der Waals surface area contributed by atoms with Gasteiger partial charge in [0, 0.05) is 13.7 Å². The van der Waals surface area contributed by atoms with E-state index < -0.39 is 12.1 Å². The first-order valence-electron chi connectivity index (χ1n) is 6.23. The van der Waals surface area contributed by atoms with Gasteiger partial charge >= 0.3 is 5.97 Å². The van der Waals surface area contributed by atoms with Crippen molar-refractivity contribution in [1.29, 1.82) is 0 Å². The molecule has 0 fully saturated rings. The van der Waals surface area contributed by atoms with E-state index in [-0.39, 0.29) is 11.5 Å². The van der Waals surface area contributed by atoms with Crippen molar-refractivity contribution in [2.45, 2.75) is 20.0 Å². The molecule has 1 amide bonds. The molecule has 110 valence electrons. The van der Waals surface area contributed by atoms with Gasteiger partial charge < -0.3 is 19.9 Å². The molecule has 1 unspecified atom stereocenters. The number of carbonyl (C=O) groups excluding carboxylic acids is 1. The van der Waals surface area contributed by atoms with E-state index in [0.29, 0.717) is 24.5 Å². The van der Waals surface area contributed by atoms with Crippen molar-refractivity contribution < 1.29 is 24.2 Å². The van der Waals surface area contributed by atoms with Gasteiger partial charge in [0.25, 0.3) is 5.91 Å². The average Bonchev–Trinajstić information content (AvgIpc) is 2.40. The maximum Gasteiger partial charge on any atom is 0.335 e. The number of aromatic carboxylic acids is 1. The van der Waals surface area contributed by atoms with Crippen molar-refractivity contribution in [1.82, 2.24) is 5.32 Å². The number of nitrogens with one attached hydrogen (secondary N) is 1. The lowest BCUT2D eigenvalue weighted by molar-refractivity contribution is -0.127. The molecule has 0 saturated heterocycles. The minimum Gasteiger partial charge on any atom is -0.481 e. The van der Waals surface area contributed by atoms with Gasteiger partial charge in [0.2, 0.25) is 0 Å². The van der Waals surface area contributed by atoms with E-state index in [0.717, 1.165) is 0 Å². The molecular weight excluding hydrogens is 262 g/mol. The molecule has 20 heavy (non-hydrogen) atoms. The number of ether oxygens (including phenoxy) is 2. The second-order valence-electron chi connectivity index (χ2n) is 4.33. The van der Waals surface area contributed by atoms with Crippen LogP contribution in [0.25, 0.3) is 0 Å².